The third-order valence-corrected chi connectivity index (χ3v) is 5.06. The normalized spacial score (nSPS) is 22.3. The molecule has 0 unspecified atom stereocenters. The van der Waals surface area contributed by atoms with E-state index in [0.29, 0.717) is 5.88 Å². The summed E-state index contributed by atoms with van der Waals surface area (Å²) in [7, 11) is 1.43. The Morgan fingerprint density at radius 3 is 3.08 bits per heavy atom. The summed E-state index contributed by atoms with van der Waals surface area (Å²) >= 11 is 0. The number of fused-ring (bicyclic) bond motifs is 1. The minimum atomic E-state index is -0.916. The second kappa shape index (κ2) is 8.04. The number of carbonyl (C=O) groups excluding carboxylic acids is 1. The van der Waals surface area contributed by atoms with Crippen LogP contribution in [0.1, 0.15) is 37.3 Å². The number of aliphatic hydroxyl groups is 1. The first-order valence-electron chi connectivity index (χ1n) is 8.87. The monoisotopic (exact) mass is 359 g/mol. The molecule has 1 aliphatic carbocycles. The minimum absolute atomic E-state index is 0.0236. The highest BCUT2D eigenvalue weighted by molar-refractivity contribution is 5.78. The highest BCUT2D eigenvalue weighted by Gasteiger charge is 2.46. The van der Waals surface area contributed by atoms with Gasteiger partial charge in [-0.05, 0) is 25.3 Å². The van der Waals surface area contributed by atoms with Crippen LogP contribution >= 0.6 is 0 Å². The number of carbonyl (C=O) groups is 1. The predicted octanol–water partition coefficient (Wildman–Crippen LogP) is 0.543. The highest BCUT2D eigenvalue weighted by Crippen LogP contribution is 2.47. The molecule has 0 saturated heterocycles. The molecule has 1 amide bonds. The second-order valence-corrected chi connectivity index (χ2v) is 6.91. The Morgan fingerprint density at radius 2 is 2.42 bits per heavy atom. The fourth-order valence-corrected chi connectivity index (χ4v) is 3.52. The molecule has 1 fully saturated rings. The van der Waals surface area contributed by atoms with E-state index < -0.39 is 12.1 Å². The van der Waals surface area contributed by atoms with Crippen molar-refractivity contribution in [2.24, 2.45) is 0 Å². The molecule has 140 valence electrons. The van der Waals surface area contributed by atoms with Crippen LogP contribution in [0.3, 0.4) is 0 Å². The molecule has 1 saturated carbocycles. The van der Waals surface area contributed by atoms with Crippen LogP contribution in [0.2, 0.25) is 0 Å². The topological polar surface area (TPSA) is 92.7 Å². The predicted molar refractivity (Wildman–Crippen MR) is 95.5 cm³/mol. The summed E-state index contributed by atoms with van der Waals surface area (Å²) in [6.07, 6.45) is 10.3. The third kappa shape index (κ3) is 3.98. The lowest BCUT2D eigenvalue weighted by Crippen LogP contribution is -2.52. The quantitative estimate of drug-likeness (QED) is 0.616. The first kappa shape index (κ1) is 18.6. The van der Waals surface area contributed by atoms with Gasteiger partial charge in [0, 0.05) is 37.9 Å². The molecule has 1 spiro atoms. The van der Waals surface area contributed by atoms with E-state index >= 15 is 0 Å². The molecule has 1 aromatic heterocycles. The summed E-state index contributed by atoms with van der Waals surface area (Å²) in [6.45, 7) is 0.150. The molecule has 7 nitrogen and oxygen atoms in total. The first-order valence-corrected chi connectivity index (χ1v) is 8.87. The maximum Gasteiger partial charge on any atom is 0.247 e. The number of hydrogen-bond donors (Lipinski definition) is 3. The van der Waals surface area contributed by atoms with E-state index in [9.17, 15) is 9.90 Å². The van der Waals surface area contributed by atoms with Gasteiger partial charge < -0.3 is 25.2 Å². The van der Waals surface area contributed by atoms with E-state index in [1.165, 1.54) is 7.11 Å². The zero-order valence-corrected chi connectivity index (χ0v) is 14.9. The van der Waals surface area contributed by atoms with Gasteiger partial charge in [0.15, 0.2) is 0 Å². The molecule has 1 aliphatic heterocycles. The highest BCUT2D eigenvalue weighted by atomic mass is 16.5. The fraction of sp³-hybridized carbons (Fsp3) is 0.579. The van der Waals surface area contributed by atoms with Crippen molar-refractivity contribution < 1.29 is 19.4 Å². The lowest BCUT2D eigenvalue weighted by molar-refractivity contribution is -0.125. The molecule has 0 radical (unpaired) electrons. The van der Waals surface area contributed by atoms with Crippen molar-refractivity contribution >= 4 is 5.91 Å². The van der Waals surface area contributed by atoms with Crippen LogP contribution in [0.4, 0.5) is 0 Å². The second-order valence-electron chi connectivity index (χ2n) is 6.91. The van der Waals surface area contributed by atoms with Crippen molar-refractivity contribution in [3.8, 4) is 18.2 Å². The van der Waals surface area contributed by atoms with E-state index in [1.807, 2.05) is 12.1 Å². The number of terminal acetylenes is 1. The Hall–Kier alpha value is -2.14. The number of amides is 1. The maximum atomic E-state index is 11.6. The van der Waals surface area contributed by atoms with Gasteiger partial charge in [-0.1, -0.05) is 12.0 Å². The summed E-state index contributed by atoms with van der Waals surface area (Å²) in [4.78, 5) is 16.0. The number of nitrogens with zero attached hydrogens (tertiary/aromatic N) is 1. The molecular weight excluding hydrogens is 334 g/mol. The van der Waals surface area contributed by atoms with Gasteiger partial charge in [0.2, 0.25) is 11.8 Å². The Labute approximate surface area is 153 Å². The molecule has 7 heteroatoms. The largest absolute Gasteiger partial charge is 0.471 e. The van der Waals surface area contributed by atoms with Crippen molar-refractivity contribution in [3.63, 3.8) is 0 Å². The molecule has 26 heavy (non-hydrogen) atoms. The van der Waals surface area contributed by atoms with Crippen LogP contribution in [0.25, 0.3) is 0 Å². The van der Waals surface area contributed by atoms with Gasteiger partial charge >= 0.3 is 0 Å². The van der Waals surface area contributed by atoms with Crippen molar-refractivity contribution in [2.75, 3.05) is 20.3 Å². The lowest BCUT2D eigenvalue weighted by atomic mass is 9.73. The van der Waals surface area contributed by atoms with Gasteiger partial charge in [0.1, 0.15) is 18.2 Å². The zero-order chi connectivity index (χ0) is 18.6. The first-order chi connectivity index (χ1) is 12.6. The van der Waals surface area contributed by atoms with Crippen molar-refractivity contribution in [2.45, 2.75) is 49.5 Å². The Kier molecular flexibility index (Phi) is 5.77. The van der Waals surface area contributed by atoms with Crippen LogP contribution in [-0.4, -0.2) is 54.0 Å². The van der Waals surface area contributed by atoms with E-state index in [-0.39, 0.29) is 30.7 Å². The summed E-state index contributed by atoms with van der Waals surface area (Å²) in [6, 6.07) is 3.10. The summed E-state index contributed by atoms with van der Waals surface area (Å²) < 4.78 is 10.9. The van der Waals surface area contributed by atoms with Crippen LogP contribution in [0.15, 0.2) is 18.3 Å². The number of pyridine rings is 1. The van der Waals surface area contributed by atoms with Gasteiger partial charge in [-0.15, -0.1) is 6.42 Å². The Morgan fingerprint density at radius 1 is 1.62 bits per heavy atom. The molecule has 3 N–H and O–H groups in total. The molecule has 0 aromatic carbocycles. The standard InChI is InChI=1S/C19H25N3O4/c1-3-14(22-17(24)12-25-2)16(23)11-21-15-10-19(7-5-8-19)26-18-13(15)6-4-9-20-18/h1,4,6,9,14-16,21,23H,5,7-8,10-12H2,2H3,(H,22,24)/t14-,15-,16+/m0/s1. The average Bonchev–Trinajstić information content (AvgIpc) is 2.62. The van der Waals surface area contributed by atoms with Crippen LogP contribution in [-0.2, 0) is 9.53 Å². The van der Waals surface area contributed by atoms with Crippen LogP contribution in [0, 0.1) is 12.3 Å². The van der Waals surface area contributed by atoms with Crippen molar-refractivity contribution in [3.05, 3.63) is 23.9 Å². The summed E-state index contributed by atoms with van der Waals surface area (Å²) in [5.74, 6) is 2.72. The van der Waals surface area contributed by atoms with Gasteiger partial charge in [0.05, 0.1) is 6.10 Å². The SMILES string of the molecule is C#C[C@H](NC(=O)COC)[C@H](O)CN[C@H]1CC2(CCC2)Oc2ncccc21. The molecule has 3 rings (SSSR count). The minimum Gasteiger partial charge on any atom is -0.471 e. The fourth-order valence-electron chi connectivity index (χ4n) is 3.52. The van der Waals surface area contributed by atoms with Gasteiger partial charge in [-0.2, -0.15) is 0 Å². The number of hydrogen-bond acceptors (Lipinski definition) is 6. The Bertz CT molecular complexity index is 684. The van der Waals surface area contributed by atoms with E-state index in [4.69, 9.17) is 15.9 Å². The number of aromatic nitrogens is 1. The number of aliphatic hydroxyl groups excluding tert-OH is 1. The molecule has 2 heterocycles. The molecule has 1 aromatic rings. The number of nitrogens with one attached hydrogen (secondary N) is 2. The van der Waals surface area contributed by atoms with Gasteiger partial charge in [-0.25, -0.2) is 4.98 Å². The van der Waals surface area contributed by atoms with Crippen LogP contribution in [0.5, 0.6) is 5.88 Å². The molecule has 0 bridgehead atoms. The third-order valence-electron chi connectivity index (χ3n) is 5.06. The molecular formula is C19H25N3O4. The smallest absolute Gasteiger partial charge is 0.247 e. The van der Waals surface area contributed by atoms with E-state index in [0.717, 1.165) is 31.2 Å². The number of methoxy groups -OCH3 is 1. The van der Waals surface area contributed by atoms with Gasteiger partial charge in [-0.3, -0.25) is 4.79 Å². The number of ether oxygens (including phenoxy) is 2. The van der Waals surface area contributed by atoms with E-state index in [2.05, 4.69) is 21.5 Å². The van der Waals surface area contributed by atoms with Crippen molar-refractivity contribution in [1.82, 2.24) is 15.6 Å². The Balaban J connectivity index is 1.63. The lowest BCUT2D eigenvalue weighted by Gasteiger charge is -2.47. The molecule has 2 aliphatic rings. The zero-order valence-electron chi connectivity index (χ0n) is 14.9. The number of rotatable bonds is 7. The van der Waals surface area contributed by atoms with E-state index in [1.54, 1.807) is 6.20 Å². The summed E-state index contributed by atoms with van der Waals surface area (Å²) in [5, 5.41) is 16.4. The molecule has 3 atom stereocenters. The average molecular weight is 359 g/mol. The van der Waals surface area contributed by atoms with Crippen molar-refractivity contribution in [1.29, 1.82) is 0 Å². The van der Waals surface area contributed by atoms with Gasteiger partial charge in [0.25, 0.3) is 0 Å². The maximum absolute atomic E-state index is 11.6. The summed E-state index contributed by atoms with van der Waals surface area (Å²) in [5.41, 5.74) is 0.834. The van der Waals surface area contributed by atoms with Crippen LogP contribution < -0.4 is 15.4 Å².